The molecule has 0 aliphatic carbocycles. The summed E-state index contributed by atoms with van der Waals surface area (Å²) in [6.07, 6.45) is 2.27. The minimum absolute atomic E-state index is 0.149. The summed E-state index contributed by atoms with van der Waals surface area (Å²) in [5.41, 5.74) is 0.966. The van der Waals surface area contributed by atoms with E-state index in [4.69, 9.17) is 0 Å². The topological polar surface area (TPSA) is 61.4 Å². The van der Waals surface area contributed by atoms with Crippen molar-refractivity contribution in [2.75, 3.05) is 42.9 Å². The summed E-state index contributed by atoms with van der Waals surface area (Å²) in [6.45, 7) is 9.85. The zero-order valence-electron chi connectivity index (χ0n) is 13.2. The number of aromatic nitrogens is 2. The first-order chi connectivity index (χ1) is 10.1. The van der Waals surface area contributed by atoms with E-state index in [9.17, 15) is 4.79 Å². The smallest absolute Gasteiger partial charge is 0.224 e. The normalized spacial score (nSPS) is 15.2. The summed E-state index contributed by atoms with van der Waals surface area (Å²) in [5.74, 6) is 1.80. The summed E-state index contributed by atoms with van der Waals surface area (Å²) < 4.78 is 0. The van der Waals surface area contributed by atoms with Gasteiger partial charge in [-0.3, -0.25) is 4.79 Å². The van der Waals surface area contributed by atoms with Gasteiger partial charge in [0.05, 0.1) is 0 Å². The molecule has 0 unspecified atom stereocenters. The van der Waals surface area contributed by atoms with Crippen LogP contribution in [-0.2, 0) is 4.79 Å². The number of hydrogen-bond donors (Lipinski definition) is 1. The van der Waals surface area contributed by atoms with Gasteiger partial charge in [-0.2, -0.15) is 4.98 Å². The zero-order valence-corrected chi connectivity index (χ0v) is 13.2. The third-order valence-electron chi connectivity index (χ3n) is 3.70. The van der Waals surface area contributed by atoms with Crippen LogP contribution in [0.3, 0.4) is 0 Å². The average Bonchev–Trinajstić information content (AvgIpc) is 2.47. The van der Waals surface area contributed by atoms with Crippen LogP contribution < -0.4 is 10.2 Å². The van der Waals surface area contributed by atoms with E-state index in [0.717, 1.165) is 57.1 Å². The van der Waals surface area contributed by atoms with Gasteiger partial charge in [-0.05, 0) is 13.3 Å². The maximum absolute atomic E-state index is 11.4. The summed E-state index contributed by atoms with van der Waals surface area (Å²) in [4.78, 5) is 24.5. The molecule has 0 aromatic carbocycles. The number of amides is 1. The lowest BCUT2D eigenvalue weighted by molar-refractivity contribution is -0.129. The number of nitrogens with one attached hydrogen (secondary N) is 1. The molecule has 1 aromatic rings. The van der Waals surface area contributed by atoms with E-state index in [1.54, 1.807) is 6.92 Å². The molecule has 0 saturated carbocycles. The van der Waals surface area contributed by atoms with E-state index in [-0.39, 0.29) is 5.91 Å². The number of nitrogens with zero attached hydrogens (tertiary/aromatic N) is 4. The first-order valence-corrected chi connectivity index (χ1v) is 7.70. The number of hydrogen-bond acceptors (Lipinski definition) is 5. The van der Waals surface area contributed by atoms with Crippen LogP contribution in [0, 0.1) is 6.92 Å². The first kappa shape index (κ1) is 15.5. The van der Waals surface area contributed by atoms with Crippen molar-refractivity contribution in [2.24, 2.45) is 0 Å². The molecule has 1 aromatic heterocycles. The van der Waals surface area contributed by atoms with Crippen molar-refractivity contribution in [3.8, 4) is 0 Å². The Morgan fingerprint density at radius 2 is 2.00 bits per heavy atom. The van der Waals surface area contributed by atoms with Crippen LogP contribution in [0.25, 0.3) is 0 Å². The van der Waals surface area contributed by atoms with Gasteiger partial charge in [0, 0.05) is 51.4 Å². The molecule has 0 atom stereocenters. The maximum Gasteiger partial charge on any atom is 0.224 e. The molecule has 1 aliphatic rings. The van der Waals surface area contributed by atoms with E-state index in [2.05, 4.69) is 27.1 Å². The van der Waals surface area contributed by atoms with Crippen molar-refractivity contribution in [1.82, 2.24) is 14.9 Å². The Labute approximate surface area is 126 Å². The minimum atomic E-state index is 0.149. The zero-order chi connectivity index (χ0) is 15.2. The number of anilines is 2. The van der Waals surface area contributed by atoms with Gasteiger partial charge >= 0.3 is 0 Å². The monoisotopic (exact) mass is 291 g/mol. The largest absolute Gasteiger partial charge is 0.354 e. The SMILES string of the molecule is CCCCNc1nc(C)cc(N2CCN(C(C)=O)CC2)n1. The first-order valence-electron chi connectivity index (χ1n) is 7.70. The predicted octanol–water partition coefficient (Wildman–Crippen LogP) is 1.67. The van der Waals surface area contributed by atoms with Crippen LogP contribution in [0.2, 0.25) is 0 Å². The molecule has 2 rings (SSSR count). The fourth-order valence-electron chi connectivity index (χ4n) is 2.42. The fourth-order valence-corrected chi connectivity index (χ4v) is 2.42. The van der Waals surface area contributed by atoms with Crippen LogP contribution >= 0.6 is 0 Å². The van der Waals surface area contributed by atoms with Gasteiger partial charge in [0.15, 0.2) is 0 Å². The summed E-state index contributed by atoms with van der Waals surface area (Å²) in [7, 11) is 0. The Balaban J connectivity index is 2.01. The molecule has 2 heterocycles. The molecule has 1 aliphatic heterocycles. The van der Waals surface area contributed by atoms with Crippen molar-refractivity contribution in [3.05, 3.63) is 11.8 Å². The highest BCUT2D eigenvalue weighted by Gasteiger charge is 2.20. The number of unbranched alkanes of at least 4 members (excludes halogenated alkanes) is 1. The summed E-state index contributed by atoms with van der Waals surface area (Å²) in [6, 6.07) is 2.01. The predicted molar refractivity (Wildman–Crippen MR) is 84.6 cm³/mol. The lowest BCUT2D eigenvalue weighted by Crippen LogP contribution is -2.48. The fraction of sp³-hybridized carbons (Fsp3) is 0.667. The maximum atomic E-state index is 11.4. The quantitative estimate of drug-likeness (QED) is 0.836. The molecule has 0 radical (unpaired) electrons. The number of rotatable bonds is 5. The second-order valence-corrected chi connectivity index (χ2v) is 5.46. The molecule has 0 spiro atoms. The number of aryl methyl sites for hydroxylation is 1. The molecule has 6 heteroatoms. The Bertz CT molecular complexity index is 483. The Kier molecular flexibility index (Phi) is 5.36. The number of piperazine rings is 1. The number of carbonyl (C=O) groups excluding carboxylic acids is 1. The van der Waals surface area contributed by atoms with Gasteiger partial charge in [-0.15, -0.1) is 0 Å². The van der Waals surface area contributed by atoms with E-state index in [1.165, 1.54) is 0 Å². The average molecular weight is 291 g/mol. The molecule has 116 valence electrons. The van der Waals surface area contributed by atoms with E-state index in [0.29, 0.717) is 5.95 Å². The van der Waals surface area contributed by atoms with Crippen molar-refractivity contribution in [2.45, 2.75) is 33.6 Å². The van der Waals surface area contributed by atoms with Gasteiger partial charge in [-0.1, -0.05) is 13.3 Å². The van der Waals surface area contributed by atoms with Gasteiger partial charge in [0.1, 0.15) is 5.82 Å². The molecular weight excluding hydrogens is 266 g/mol. The molecule has 1 saturated heterocycles. The lowest BCUT2D eigenvalue weighted by atomic mass is 10.3. The van der Waals surface area contributed by atoms with E-state index >= 15 is 0 Å². The van der Waals surface area contributed by atoms with Crippen molar-refractivity contribution >= 4 is 17.7 Å². The molecule has 1 amide bonds. The van der Waals surface area contributed by atoms with E-state index in [1.807, 2.05) is 17.9 Å². The van der Waals surface area contributed by atoms with Gasteiger partial charge < -0.3 is 15.1 Å². The summed E-state index contributed by atoms with van der Waals surface area (Å²) in [5, 5.41) is 3.28. The minimum Gasteiger partial charge on any atom is -0.354 e. The van der Waals surface area contributed by atoms with Crippen LogP contribution in [0.4, 0.5) is 11.8 Å². The Morgan fingerprint density at radius 3 is 2.62 bits per heavy atom. The third-order valence-corrected chi connectivity index (χ3v) is 3.70. The van der Waals surface area contributed by atoms with Crippen molar-refractivity contribution < 1.29 is 4.79 Å². The van der Waals surface area contributed by atoms with Crippen LogP contribution in [0.5, 0.6) is 0 Å². The Morgan fingerprint density at radius 1 is 1.29 bits per heavy atom. The second-order valence-electron chi connectivity index (χ2n) is 5.46. The van der Waals surface area contributed by atoms with Crippen LogP contribution in [0.15, 0.2) is 6.07 Å². The van der Waals surface area contributed by atoms with E-state index < -0.39 is 0 Å². The molecule has 21 heavy (non-hydrogen) atoms. The Hall–Kier alpha value is -1.85. The van der Waals surface area contributed by atoms with Crippen LogP contribution in [-0.4, -0.2) is 53.5 Å². The highest BCUT2D eigenvalue weighted by atomic mass is 16.2. The summed E-state index contributed by atoms with van der Waals surface area (Å²) >= 11 is 0. The highest BCUT2D eigenvalue weighted by Crippen LogP contribution is 2.17. The van der Waals surface area contributed by atoms with Gasteiger partial charge in [0.25, 0.3) is 0 Å². The van der Waals surface area contributed by atoms with Gasteiger partial charge in [-0.25, -0.2) is 4.98 Å². The van der Waals surface area contributed by atoms with Crippen molar-refractivity contribution in [1.29, 1.82) is 0 Å². The molecular formula is C15H25N5O. The lowest BCUT2D eigenvalue weighted by Gasteiger charge is -2.35. The molecule has 0 bridgehead atoms. The standard InChI is InChI=1S/C15H25N5O/c1-4-5-6-16-15-17-12(2)11-14(18-15)20-9-7-19(8-10-20)13(3)21/h11H,4-10H2,1-3H3,(H,16,17,18). The third kappa shape index (κ3) is 4.31. The molecule has 1 N–H and O–H groups in total. The van der Waals surface area contributed by atoms with Crippen molar-refractivity contribution in [3.63, 3.8) is 0 Å². The second kappa shape index (κ2) is 7.24. The molecule has 6 nitrogen and oxygen atoms in total. The van der Waals surface area contributed by atoms with Crippen LogP contribution in [0.1, 0.15) is 32.4 Å². The molecule has 1 fully saturated rings. The number of carbonyl (C=O) groups is 1. The van der Waals surface area contributed by atoms with Gasteiger partial charge in [0.2, 0.25) is 11.9 Å². The highest BCUT2D eigenvalue weighted by molar-refractivity contribution is 5.73.